The normalized spacial score (nSPS) is 28.7. The van der Waals surface area contributed by atoms with Gasteiger partial charge in [0.15, 0.2) is 0 Å². The van der Waals surface area contributed by atoms with Crippen molar-refractivity contribution in [2.45, 2.75) is 90.6 Å². The zero-order valence-electron chi connectivity index (χ0n) is 24.1. The van der Waals surface area contributed by atoms with Gasteiger partial charge in [0.2, 0.25) is 11.8 Å². The Hall–Kier alpha value is -2.89. The number of hydrogen-bond donors (Lipinski definition) is 4. The van der Waals surface area contributed by atoms with Gasteiger partial charge < -0.3 is 29.8 Å². The number of aromatic amines is 1. The first-order chi connectivity index (χ1) is 18.9. The molecule has 11 heteroatoms. The molecule has 4 fully saturated rings. The smallest absolute Gasteiger partial charge is 0.404 e. The fourth-order valence-corrected chi connectivity index (χ4v) is 6.87. The first-order valence-electron chi connectivity index (χ1n) is 14.3. The molecule has 2 amide bonds. The van der Waals surface area contributed by atoms with Crippen molar-refractivity contribution < 1.29 is 28.7 Å². The van der Waals surface area contributed by atoms with Gasteiger partial charge in [-0.3, -0.25) is 9.89 Å². The Labute approximate surface area is 236 Å². The average Bonchev–Trinajstić information content (AvgIpc) is 3.50. The van der Waals surface area contributed by atoms with Gasteiger partial charge >= 0.3 is 13.2 Å². The topological polar surface area (TPSA) is 135 Å². The lowest BCUT2D eigenvalue weighted by atomic mass is 9.43. The van der Waals surface area contributed by atoms with Crippen LogP contribution < -0.4 is 15.4 Å². The maximum atomic E-state index is 13.4. The number of H-pyrrole nitrogens is 1. The molecule has 216 valence electrons. The summed E-state index contributed by atoms with van der Waals surface area (Å²) in [4.78, 5) is 26.1. The lowest BCUT2D eigenvalue weighted by Gasteiger charge is -2.64. The summed E-state index contributed by atoms with van der Waals surface area (Å²) in [5.41, 5.74) is 1.36. The highest BCUT2D eigenvalue weighted by Crippen LogP contribution is 2.65. The summed E-state index contributed by atoms with van der Waals surface area (Å²) in [6, 6.07) is 9.82. The molecule has 0 unspecified atom stereocenters. The minimum Gasteiger partial charge on any atom is -0.404 e. The van der Waals surface area contributed by atoms with E-state index in [4.69, 9.17) is 14.0 Å². The van der Waals surface area contributed by atoms with Crippen molar-refractivity contribution >= 4 is 19.1 Å². The zero-order chi connectivity index (χ0) is 28.8. The Bertz CT molecular complexity index is 1220. The van der Waals surface area contributed by atoms with Crippen molar-refractivity contribution in [3.05, 3.63) is 36.4 Å². The van der Waals surface area contributed by atoms with E-state index < -0.39 is 42.8 Å². The Kier molecular flexibility index (Phi) is 7.76. The minimum absolute atomic E-state index is 0.0175. The summed E-state index contributed by atoms with van der Waals surface area (Å²) in [5.74, 6) is 0.318. The number of hydrogen-bond acceptors (Lipinski definition) is 7. The molecule has 2 heterocycles. The molecule has 1 aromatic carbocycles. The van der Waals surface area contributed by atoms with Crippen molar-refractivity contribution in [2.24, 2.45) is 23.2 Å². The van der Waals surface area contributed by atoms with Gasteiger partial charge in [0.1, 0.15) is 6.04 Å². The van der Waals surface area contributed by atoms with Crippen molar-refractivity contribution in [3.63, 3.8) is 0 Å². The van der Waals surface area contributed by atoms with Gasteiger partial charge in [-0.05, 0) is 61.8 Å². The van der Waals surface area contributed by atoms with Crippen LogP contribution in [0.25, 0.3) is 11.3 Å². The van der Waals surface area contributed by atoms with Gasteiger partial charge in [-0.1, -0.05) is 58.0 Å². The number of aromatic nitrogens is 2. The van der Waals surface area contributed by atoms with Crippen LogP contribution in [0.3, 0.4) is 0 Å². The van der Waals surface area contributed by atoms with Gasteiger partial charge in [-0.2, -0.15) is 0 Å². The predicted octanol–water partition coefficient (Wildman–Crippen LogP) is 3.71. The zero-order valence-corrected chi connectivity index (χ0v) is 24.1. The summed E-state index contributed by atoms with van der Waals surface area (Å²) in [7, 11) is -0.612. The number of nitrogens with one attached hydrogen (secondary N) is 3. The van der Waals surface area contributed by atoms with Crippen molar-refractivity contribution in [1.82, 2.24) is 20.8 Å². The molecule has 3 saturated carbocycles. The number of benzene rings is 1. The summed E-state index contributed by atoms with van der Waals surface area (Å²) >= 11 is 0. The van der Waals surface area contributed by atoms with E-state index in [1.807, 2.05) is 30.3 Å². The summed E-state index contributed by atoms with van der Waals surface area (Å²) in [5, 5.41) is 22.7. The fraction of sp³-hybridized carbons (Fsp3) is 0.621. The number of rotatable bonds is 9. The maximum absolute atomic E-state index is 13.4. The van der Waals surface area contributed by atoms with Crippen LogP contribution in [0.2, 0.25) is 0 Å². The Morgan fingerprint density at radius 1 is 1.18 bits per heavy atom. The highest BCUT2D eigenvalue weighted by atomic mass is 16.7. The molecular formula is C29H41BN4O6. The Morgan fingerprint density at radius 2 is 1.90 bits per heavy atom. The largest absolute Gasteiger partial charge is 0.481 e. The van der Waals surface area contributed by atoms with Crippen LogP contribution in [0.5, 0.6) is 5.88 Å². The molecule has 4 N–H and O–H groups in total. The summed E-state index contributed by atoms with van der Waals surface area (Å²) in [6.45, 7) is 12.3. The SMILES string of the molecule is CC(C)C[C@H](NC(=O)[C@@H](NC(=O)Oc1cc(-c2ccccc2)[nH]n1)[C@@H](C)O)B1O[C@@H]2C[C@@H]3C[C@@H](C3(C)C)[C@]2(C)O1. The third kappa shape index (κ3) is 5.39. The van der Waals surface area contributed by atoms with E-state index in [0.717, 1.165) is 18.4 Å². The molecule has 0 spiro atoms. The van der Waals surface area contributed by atoms with Crippen molar-refractivity contribution in [1.29, 1.82) is 0 Å². The monoisotopic (exact) mass is 552 g/mol. The Balaban J connectivity index is 1.23. The molecular weight excluding hydrogens is 511 g/mol. The second kappa shape index (κ2) is 10.8. The number of amides is 2. The van der Waals surface area contributed by atoms with E-state index in [2.05, 4.69) is 55.4 Å². The Morgan fingerprint density at radius 3 is 2.55 bits per heavy atom. The molecule has 6 rings (SSSR count). The molecule has 10 nitrogen and oxygen atoms in total. The quantitative estimate of drug-likeness (QED) is 0.349. The van der Waals surface area contributed by atoms with Crippen LogP contribution in [-0.4, -0.2) is 64.2 Å². The van der Waals surface area contributed by atoms with Crippen LogP contribution in [0.15, 0.2) is 36.4 Å². The summed E-state index contributed by atoms with van der Waals surface area (Å²) < 4.78 is 18.4. The van der Waals surface area contributed by atoms with E-state index >= 15 is 0 Å². The average molecular weight is 552 g/mol. The molecule has 4 aliphatic rings. The summed E-state index contributed by atoms with van der Waals surface area (Å²) in [6.07, 6.45) is 0.601. The van der Waals surface area contributed by atoms with Gasteiger partial charge in [0, 0.05) is 6.07 Å². The predicted molar refractivity (Wildman–Crippen MR) is 150 cm³/mol. The van der Waals surface area contributed by atoms with E-state index in [1.54, 1.807) is 6.07 Å². The van der Waals surface area contributed by atoms with Gasteiger partial charge in [-0.15, -0.1) is 5.10 Å². The number of carbonyl (C=O) groups is 2. The minimum atomic E-state index is -1.25. The van der Waals surface area contributed by atoms with Crippen molar-refractivity contribution in [3.8, 4) is 17.1 Å². The van der Waals surface area contributed by atoms with Crippen LogP contribution >= 0.6 is 0 Å². The lowest BCUT2D eigenvalue weighted by molar-refractivity contribution is -0.199. The molecule has 40 heavy (non-hydrogen) atoms. The molecule has 2 aromatic rings. The number of aliphatic hydroxyl groups is 1. The fourth-order valence-electron chi connectivity index (χ4n) is 6.87. The highest BCUT2D eigenvalue weighted by Gasteiger charge is 2.68. The van der Waals surface area contributed by atoms with Crippen LogP contribution in [-0.2, 0) is 14.1 Å². The van der Waals surface area contributed by atoms with Gasteiger partial charge in [0.25, 0.3) is 0 Å². The van der Waals surface area contributed by atoms with E-state index in [1.165, 1.54) is 6.92 Å². The third-order valence-corrected chi connectivity index (χ3v) is 9.22. The third-order valence-electron chi connectivity index (χ3n) is 9.22. The first kappa shape index (κ1) is 28.6. The molecule has 1 aromatic heterocycles. The molecule has 7 atom stereocenters. The highest BCUT2D eigenvalue weighted by molar-refractivity contribution is 6.48. The number of carbonyl (C=O) groups excluding carboxylic acids is 2. The van der Waals surface area contributed by atoms with Crippen LogP contribution in [0, 0.1) is 23.2 Å². The second-order valence-corrected chi connectivity index (χ2v) is 12.8. The van der Waals surface area contributed by atoms with Crippen LogP contribution in [0.4, 0.5) is 4.79 Å². The molecule has 0 radical (unpaired) electrons. The van der Waals surface area contributed by atoms with E-state index in [-0.39, 0.29) is 23.3 Å². The molecule has 1 aliphatic heterocycles. The molecule has 2 bridgehead atoms. The first-order valence-corrected chi connectivity index (χ1v) is 14.3. The standard InChI is InChI=1S/C29H41BN4O6/c1-16(2)12-23(30-39-22-14-19-13-21(28(19,4)5)29(22,6)40-30)31-26(36)25(17(3)35)32-27(37)38-24-15-20(33-34-24)18-10-8-7-9-11-18/h7-11,15-17,19,21-23,25,35H,12-14H2,1-6H3,(H,31,36)(H,32,37)(H,33,34)/t17-,19+,21+,22-,23+,25+,29+/m1/s1. The van der Waals surface area contributed by atoms with Crippen LogP contribution in [0.1, 0.15) is 60.8 Å². The lowest BCUT2D eigenvalue weighted by Crippen LogP contribution is -2.65. The van der Waals surface area contributed by atoms with Gasteiger partial charge in [-0.25, -0.2) is 4.79 Å². The van der Waals surface area contributed by atoms with E-state index in [0.29, 0.717) is 24.0 Å². The maximum Gasteiger partial charge on any atom is 0.481 e. The number of aliphatic hydroxyl groups excluding tert-OH is 1. The van der Waals surface area contributed by atoms with Crippen molar-refractivity contribution in [2.75, 3.05) is 0 Å². The molecule has 3 aliphatic carbocycles. The second-order valence-electron chi connectivity index (χ2n) is 12.8. The van der Waals surface area contributed by atoms with E-state index in [9.17, 15) is 14.7 Å². The number of nitrogens with zero attached hydrogens (tertiary/aromatic N) is 1. The number of ether oxygens (including phenoxy) is 1. The van der Waals surface area contributed by atoms with Gasteiger partial charge in [0.05, 0.1) is 29.4 Å². The molecule has 1 saturated heterocycles.